The van der Waals surface area contributed by atoms with Crippen molar-refractivity contribution in [2.45, 2.75) is 27.7 Å². The number of nitrogens with one attached hydrogen (secondary N) is 2. The average molecular weight is 354 g/mol. The number of anilines is 1. The molecule has 126 valence electrons. The first-order chi connectivity index (χ1) is 10.9. The van der Waals surface area contributed by atoms with E-state index in [0.717, 1.165) is 34.7 Å². The highest BCUT2D eigenvalue weighted by molar-refractivity contribution is 7.97. The van der Waals surface area contributed by atoms with Gasteiger partial charge in [-0.3, -0.25) is 4.79 Å². The Kier molecular flexibility index (Phi) is 8.06. The molecule has 0 saturated heterocycles. The summed E-state index contributed by atoms with van der Waals surface area (Å²) >= 11 is 7.87. The topological polar surface area (TPSA) is 44.4 Å². The fourth-order valence-corrected chi connectivity index (χ4v) is 2.57. The summed E-state index contributed by atoms with van der Waals surface area (Å²) in [4.78, 5) is 12.8. The van der Waals surface area contributed by atoms with Gasteiger partial charge in [0, 0.05) is 12.8 Å². The zero-order valence-electron chi connectivity index (χ0n) is 14.2. The number of carbonyl (C=O) groups excluding carboxylic acids is 1. The second kappa shape index (κ2) is 9.53. The van der Waals surface area contributed by atoms with E-state index in [2.05, 4.69) is 17.0 Å². The van der Waals surface area contributed by atoms with Gasteiger partial charge in [0.05, 0.1) is 16.4 Å². The quantitative estimate of drug-likeness (QED) is 0.409. The predicted molar refractivity (Wildman–Crippen MR) is 101 cm³/mol. The lowest BCUT2D eigenvalue weighted by Crippen LogP contribution is -2.26. The number of rotatable bonds is 8. The van der Waals surface area contributed by atoms with Crippen LogP contribution in [-0.2, 0) is 4.79 Å². The minimum absolute atomic E-state index is 0.612. The van der Waals surface area contributed by atoms with Crippen molar-refractivity contribution in [3.05, 3.63) is 52.0 Å². The molecule has 0 atom stereocenters. The maximum atomic E-state index is 11.3. The average Bonchev–Trinajstić information content (AvgIpc) is 2.50. The number of halogens is 1. The van der Waals surface area contributed by atoms with E-state index in [4.69, 9.17) is 11.6 Å². The summed E-state index contributed by atoms with van der Waals surface area (Å²) in [5.74, 6) is 1.55. The molecule has 0 saturated carbocycles. The Morgan fingerprint density at radius 3 is 2.61 bits per heavy atom. The molecule has 0 fully saturated rings. The van der Waals surface area contributed by atoms with Crippen molar-refractivity contribution in [2.75, 3.05) is 18.1 Å². The largest absolute Gasteiger partial charge is 0.339 e. The molecule has 0 aromatic heterocycles. The zero-order chi connectivity index (χ0) is 17.4. The molecule has 0 aliphatic heterocycles. The molecule has 2 N–H and O–H groups in total. The number of hydrogen-bond donors (Lipinski definition) is 2. The van der Waals surface area contributed by atoms with Gasteiger partial charge in [-0.15, -0.1) is 0 Å². The Labute approximate surface area is 148 Å². The van der Waals surface area contributed by atoms with Gasteiger partial charge in [-0.2, -0.15) is 0 Å². The summed E-state index contributed by atoms with van der Waals surface area (Å²) < 4.78 is 3.28. The van der Waals surface area contributed by atoms with E-state index in [1.807, 2.05) is 45.0 Å². The highest BCUT2D eigenvalue weighted by Crippen LogP contribution is 2.25. The van der Waals surface area contributed by atoms with Gasteiger partial charge in [0.1, 0.15) is 5.82 Å². The summed E-state index contributed by atoms with van der Waals surface area (Å²) in [7, 11) is 1.70. The van der Waals surface area contributed by atoms with Crippen LogP contribution in [0.25, 0.3) is 0 Å². The Bertz CT molecular complexity index is 610. The molecule has 0 heterocycles. The standard InChI is InChI=1S/C17H24ClN3OS/c1-6-23-20-16(9-12(2)3)17(21(5)11-22)19-15-8-7-13(4)10-14(15)18/h7-11,19-20H,6H2,1-5H3/b17-16+. The highest BCUT2D eigenvalue weighted by Gasteiger charge is 2.12. The molecule has 6 heteroatoms. The van der Waals surface area contributed by atoms with Crippen molar-refractivity contribution in [2.24, 2.45) is 0 Å². The minimum Gasteiger partial charge on any atom is -0.339 e. The fourth-order valence-electron chi connectivity index (χ4n) is 1.83. The van der Waals surface area contributed by atoms with Crippen LogP contribution >= 0.6 is 23.5 Å². The smallest absolute Gasteiger partial charge is 0.215 e. The molecule has 0 unspecified atom stereocenters. The minimum atomic E-state index is 0.612. The Hall–Kier alpha value is -1.59. The summed E-state index contributed by atoms with van der Waals surface area (Å²) in [5.41, 5.74) is 3.78. The lowest BCUT2D eigenvalue weighted by molar-refractivity contribution is -0.115. The lowest BCUT2D eigenvalue weighted by Gasteiger charge is -2.22. The number of carbonyl (C=O) groups is 1. The number of nitrogens with zero attached hydrogens (tertiary/aromatic N) is 1. The van der Waals surface area contributed by atoms with E-state index >= 15 is 0 Å². The van der Waals surface area contributed by atoms with Gasteiger partial charge in [0.2, 0.25) is 6.41 Å². The third-order valence-electron chi connectivity index (χ3n) is 2.90. The van der Waals surface area contributed by atoms with Crippen LogP contribution in [0.3, 0.4) is 0 Å². The Morgan fingerprint density at radius 1 is 1.39 bits per heavy atom. The maximum Gasteiger partial charge on any atom is 0.215 e. The molecule has 0 aliphatic rings. The summed E-state index contributed by atoms with van der Waals surface area (Å²) in [6, 6.07) is 5.77. The van der Waals surface area contributed by atoms with Gasteiger partial charge in [-0.05, 0) is 44.5 Å². The maximum absolute atomic E-state index is 11.3. The second-order valence-corrected chi connectivity index (χ2v) is 6.82. The van der Waals surface area contributed by atoms with Gasteiger partial charge >= 0.3 is 0 Å². The van der Waals surface area contributed by atoms with Gasteiger partial charge in [-0.25, -0.2) is 0 Å². The number of benzene rings is 1. The van der Waals surface area contributed by atoms with E-state index in [1.165, 1.54) is 4.90 Å². The van der Waals surface area contributed by atoms with Crippen molar-refractivity contribution in [3.63, 3.8) is 0 Å². The molecular formula is C17H24ClN3OS. The van der Waals surface area contributed by atoms with E-state index in [1.54, 1.807) is 19.0 Å². The van der Waals surface area contributed by atoms with E-state index < -0.39 is 0 Å². The van der Waals surface area contributed by atoms with Crippen LogP contribution in [0.2, 0.25) is 5.02 Å². The third-order valence-corrected chi connectivity index (χ3v) is 3.87. The van der Waals surface area contributed by atoms with Gasteiger partial charge in [0.15, 0.2) is 0 Å². The van der Waals surface area contributed by atoms with Crippen molar-refractivity contribution in [1.29, 1.82) is 0 Å². The van der Waals surface area contributed by atoms with Crippen LogP contribution in [0.1, 0.15) is 26.3 Å². The van der Waals surface area contributed by atoms with Crippen molar-refractivity contribution in [3.8, 4) is 0 Å². The van der Waals surface area contributed by atoms with Gasteiger partial charge < -0.3 is 14.9 Å². The van der Waals surface area contributed by atoms with Crippen molar-refractivity contribution >= 4 is 35.6 Å². The first-order valence-electron chi connectivity index (χ1n) is 7.37. The van der Waals surface area contributed by atoms with Crippen LogP contribution in [0.4, 0.5) is 5.69 Å². The molecule has 0 spiro atoms. The SMILES string of the molecule is CCSN/C(C=C(C)C)=C(\Nc1ccc(C)cc1Cl)N(C)C=O. The zero-order valence-corrected chi connectivity index (χ0v) is 15.8. The number of allylic oxidation sites excluding steroid dienone is 2. The molecule has 0 radical (unpaired) electrons. The molecule has 0 aliphatic carbocycles. The van der Waals surface area contributed by atoms with Crippen LogP contribution in [0.5, 0.6) is 0 Å². The van der Waals surface area contributed by atoms with Gasteiger partial charge in [-0.1, -0.05) is 42.1 Å². The number of hydrogen-bond acceptors (Lipinski definition) is 4. The van der Waals surface area contributed by atoms with Crippen LogP contribution < -0.4 is 10.0 Å². The highest BCUT2D eigenvalue weighted by atomic mass is 35.5. The summed E-state index contributed by atoms with van der Waals surface area (Å²) in [5, 5.41) is 3.87. The summed E-state index contributed by atoms with van der Waals surface area (Å²) in [6.45, 7) is 8.06. The monoisotopic (exact) mass is 353 g/mol. The molecule has 23 heavy (non-hydrogen) atoms. The van der Waals surface area contributed by atoms with E-state index in [-0.39, 0.29) is 0 Å². The molecule has 1 rings (SSSR count). The van der Waals surface area contributed by atoms with Crippen LogP contribution in [0.15, 0.2) is 41.4 Å². The first kappa shape index (κ1) is 19.5. The summed E-state index contributed by atoms with van der Waals surface area (Å²) in [6.07, 6.45) is 2.76. The molecule has 4 nitrogen and oxygen atoms in total. The predicted octanol–water partition coefficient (Wildman–Crippen LogP) is 4.54. The Balaban J connectivity index is 3.30. The van der Waals surface area contributed by atoms with Crippen molar-refractivity contribution < 1.29 is 4.79 Å². The first-order valence-corrected chi connectivity index (χ1v) is 8.73. The number of amides is 1. The van der Waals surface area contributed by atoms with E-state index in [9.17, 15) is 4.79 Å². The fraction of sp³-hybridized carbons (Fsp3) is 0.353. The molecular weight excluding hydrogens is 330 g/mol. The number of aryl methyl sites for hydroxylation is 1. The van der Waals surface area contributed by atoms with Gasteiger partial charge in [0.25, 0.3) is 0 Å². The molecule has 0 bridgehead atoms. The second-order valence-electron chi connectivity index (χ2n) is 5.34. The van der Waals surface area contributed by atoms with Crippen LogP contribution in [-0.4, -0.2) is 24.1 Å². The molecule has 1 amide bonds. The third kappa shape index (κ3) is 6.20. The molecule has 1 aromatic rings. The van der Waals surface area contributed by atoms with Crippen LogP contribution in [0, 0.1) is 6.92 Å². The normalized spacial score (nSPS) is 11.4. The Morgan fingerprint density at radius 2 is 2.09 bits per heavy atom. The van der Waals surface area contributed by atoms with E-state index in [0.29, 0.717) is 10.8 Å². The molecule has 1 aromatic carbocycles. The van der Waals surface area contributed by atoms with Crippen molar-refractivity contribution in [1.82, 2.24) is 9.62 Å². The lowest BCUT2D eigenvalue weighted by atomic mass is 10.2.